The maximum Gasteiger partial charge on any atom is 0.0561 e. The maximum absolute atomic E-state index is 2.44. The Labute approximate surface area is 350 Å². The van der Waals surface area contributed by atoms with Gasteiger partial charge in [0.2, 0.25) is 0 Å². The molecule has 0 bridgehead atoms. The highest BCUT2D eigenvalue weighted by Crippen LogP contribution is 2.44. The molecule has 1 heterocycles. The highest BCUT2D eigenvalue weighted by atomic mass is 15.1. The van der Waals surface area contributed by atoms with Gasteiger partial charge in [-0.25, -0.2) is 0 Å². The smallest absolute Gasteiger partial charge is 0.0561 e. The van der Waals surface area contributed by atoms with E-state index in [0.29, 0.717) is 0 Å². The van der Waals surface area contributed by atoms with Gasteiger partial charge in [0.1, 0.15) is 0 Å². The van der Waals surface area contributed by atoms with E-state index in [0.717, 1.165) is 28.3 Å². The fourth-order valence-electron chi connectivity index (χ4n) is 9.02. The molecule has 0 spiro atoms. The lowest BCUT2D eigenvalue weighted by Gasteiger charge is -2.27. The molecule has 60 heavy (non-hydrogen) atoms. The van der Waals surface area contributed by atoms with Crippen molar-refractivity contribution in [3.8, 4) is 50.2 Å². The molecule has 0 aliphatic carbocycles. The van der Waals surface area contributed by atoms with Crippen molar-refractivity contribution in [1.82, 2.24) is 4.57 Å². The molecule has 0 saturated heterocycles. The second-order valence-electron chi connectivity index (χ2n) is 15.3. The predicted octanol–water partition coefficient (Wildman–Crippen LogP) is 16.1. The van der Waals surface area contributed by atoms with Gasteiger partial charge in [-0.15, -0.1) is 0 Å². The normalized spacial score (nSPS) is 11.3. The molecule has 282 valence electrons. The molecule has 0 aliphatic rings. The average Bonchev–Trinajstić information content (AvgIpc) is 3.66. The first-order chi connectivity index (χ1) is 29.8. The minimum absolute atomic E-state index is 1.08. The number of hydrogen-bond acceptors (Lipinski definition) is 1. The topological polar surface area (TPSA) is 8.17 Å². The fourth-order valence-corrected chi connectivity index (χ4v) is 9.02. The standard InChI is InChI=1S/C58H40N2/c1-5-18-41(19-6-1)50-35-32-47(39-55(50)43-20-7-2-8-21-43)60-57-31-16-15-29-53(57)54-37-34-48(40-58(54)60)59(45-26-11-4-12-27-45)46-33-36-52(56(38-46)44-22-9-3-10-23-44)51-30-17-25-42-24-13-14-28-49(42)51/h1-40H. The summed E-state index contributed by atoms with van der Waals surface area (Å²) in [5.74, 6) is 0. The van der Waals surface area contributed by atoms with Crippen LogP contribution in [-0.2, 0) is 0 Å². The molecular weight excluding hydrogens is 725 g/mol. The molecule has 2 heteroatoms. The molecule has 0 amide bonds. The lowest BCUT2D eigenvalue weighted by atomic mass is 9.91. The third-order valence-electron chi connectivity index (χ3n) is 11.8. The summed E-state index contributed by atoms with van der Waals surface area (Å²) < 4.78 is 2.44. The van der Waals surface area contributed by atoms with Crippen molar-refractivity contribution in [3.05, 3.63) is 243 Å². The predicted molar refractivity (Wildman–Crippen MR) is 255 cm³/mol. The van der Waals surface area contributed by atoms with Gasteiger partial charge in [0.15, 0.2) is 0 Å². The number of para-hydroxylation sites is 2. The average molecular weight is 765 g/mol. The molecule has 0 radical (unpaired) electrons. The SMILES string of the molecule is c1ccc(-c2ccc(-n3c4ccccc4c4ccc(N(c5ccccc5)c5ccc(-c6cccc7ccccc67)c(-c6ccccc6)c5)cc43)cc2-c2ccccc2)cc1. The lowest BCUT2D eigenvalue weighted by Crippen LogP contribution is -2.10. The molecule has 0 saturated carbocycles. The molecule has 11 aromatic rings. The first-order valence-electron chi connectivity index (χ1n) is 20.6. The largest absolute Gasteiger partial charge is 0.310 e. The van der Waals surface area contributed by atoms with Crippen molar-refractivity contribution in [3.63, 3.8) is 0 Å². The number of anilines is 3. The van der Waals surface area contributed by atoms with Crippen molar-refractivity contribution >= 4 is 49.6 Å². The lowest BCUT2D eigenvalue weighted by molar-refractivity contribution is 1.18. The Kier molecular flexibility index (Phi) is 8.87. The van der Waals surface area contributed by atoms with E-state index in [2.05, 4.69) is 252 Å². The monoisotopic (exact) mass is 764 g/mol. The highest BCUT2D eigenvalue weighted by molar-refractivity contribution is 6.11. The van der Waals surface area contributed by atoms with Crippen molar-refractivity contribution in [2.24, 2.45) is 0 Å². The van der Waals surface area contributed by atoms with E-state index in [1.54, 1.807) is 0 Å². The van der Waals surface area contributed by atoms with Crippen LogP contribution in [0.4, 0.5) is 17.1 Å². The summed E-state index contributed by atoms with van der Waals surface area (Å²) in [5.41, 5.74) is 16.3. The fraction of sp³-hybridized carbons (Fsp3) is 0. The summed E-state index contributed by atoms with van der Waals surface area (Å²) in [7, 11) is 0. The second kappa shape index (κ2) is 15.1. The van der Waals surface area contributed by atoms with E-state index in [4.69, 9.17) is 0 Å². The van der Waals surface area contributed by atoms with Gasteiger partial charge >= 0.3 is 0 Å². The Hall–Kier alpha value is -7.94. The summed E-state index contributed by atoms with van der Waals surface area (Å²) in [6, 6.07) is 87.9. The van der Waals surface area contributed by atoms with Crippen LogP contribution in [0.15, 0.2) is 243 Å². The second-order valence-corrected chi connectivity index (χ2v) is 15.3. The van der Waals surface area contributed by atoms with Crippen LogP contribution in [0.1, 0.15) is 0 Å². The van der Waals surface area contributed by atoms with Gasteiger partial charge in [-0.3, -0.25) is 0 Å². The van der Waals surface area contributed by atoms with Gasteiger partial charge in [-0.05, 0) is 110 Å². The molecule has 0 atom stereocenters. The molecule has 0 fully saturated rings. The van der Waals surface area contributed by atoms with E-state index in [9.17, 15) is 0 Å². The van der Waals surface area contributed by atoms with E-state index < -0.39 is 0 Å². The van der Waals surface area contributed by atoms with E-state index in [1.807, 2.05) is 0 Å². The quantitative estimate of drug-likeness (QED) is 0.150. The molecular formula is C58H40N2. The zero-order valence-electron chi connectivity index (χ0n) is 33.0. The number of benzene rings is 10. The third kappa shape index (κ3) is 6.23. The Bertz CT molecular complexity index is 3290. The van der Waals surface area contributed by atoms with Crippen LogP contribution in [0.2, 0.25) is 0 Å². The van der Waals surface area contributed by atoms with Gasteiger partial charge in [0.05, 0.1) is 11.0 Å². The Morgan fingerprint density at radius 1 is 0.267 bits per heavy atom. The van der Waals surface area contributed by atoms with Crippen molar-refractivity contribution in [2.45, 2.75) is 0 Å². The van der Waals surface area contributed by atoms with Crippen LogP contribution in [0.5, 0.6) is 0 Å². The van der Waals surface area contributed by atoms with Gasteiger partial charge in [-0.2, -0.15) is 0 Å². The molecule has 1 aromatic heterocycles. The van der Waals surface area contributed by atoms with Crippen LogP contribution in [0, 0.1) is 0 Å². The van der Waals surface area contributed by atoms with Crippen LogP contribution in [-0.4, -0.2) is 4.57 Å². The molecule has 0 unspecified atom stereocenters. The zero-order valence-corrected chi connectivity index (χ0v) is 33.0. The van der Waals surface area contributed by atoms with Gasteiger partial charge in [-0.1, -0.05) is 188 Å². The maximum atomic E-state index is 2.44. The van der Waals surface area contributed by atoms with Crippen LogP contribution >= 0.6 is 0 Å². The minimum atomic E-state index is 1.08. The molecule has 0 aliphatic heterocycles. The van der Waals surface area contributed by atoms with Crippen LogP contribution in [0.3, 0.4) is 0 Å². The first-order valence-corrected chi connectivity index (χ1v) is 20.6. The van der Waals surface area contributed by atoms with Crippen LogP contribution in [0.25, 0.3) is 82.8 Å². The van der Waals surface area contributed by atoms with Crippen molar-refractivity contribution in [2.75, 3.05) is 4.90 Å². The number of hydrogen-bond donors (Lipinski definition) is 0. The Balaban J connectivity index is 1.13. The van der Waals surface area contributed by atoms with E-state index in [-0.39, 0.29) is 0 Å². The molecule has 2 nitrogen and oxygen atoms in total. The number of aromatic nitrogens is 1. The summed E-state index contributed by atoms with van der Waals surface area (Å²) >= 11 is 0. The first kappa shape index (κ1) is 35.2. The summed E-state index contributed by atoms with van der Waals surface area (Å²) in [6.07, 6.45) is 0. The Morgan fingerprint density at radius 2 is 0.783 bits per heavy atom. The zero-order chi connectivity index (χ0) is 39.8. The van der Waals surface area contributed by atoms with E-state index in [1.165, 1.54) is 71.6 Å². The Morgan fingerprint density at radius 3 is 1.50 bits per heavy atom. The summed E-state index contributed by atoms with van der Waals surface area (Å²) in [6.45, 7) is 0. The van der Waals surface area contributed by atoms with Gasteiger partial charge in [0, 0.05) is 33.5 Å². The number of nitrogens with zero attached hydrogens (tertiary/aromatic N) is 2. The third-order valence-corrected chi connectivity index (χ3v) is 11.8. The number of rotatable bonds is 8. The van der Waals surface area contributed by atoms with Crippen molar-refractivity contribution in [1.29, 1.82) is 0 Å². The van der Waals surface area contributed by atoms with Gasteiger partial charge in [0.25, 0.3) is 0 Å². The summed E-state index contributed by atoms with van der Waals surface area (Å²) in [5, 5.41) is 4.92. The number of fused-ring (bicyclic) bond motifs is 4. The summed E-state index contributed by atoms with van der Waals surface area (Å²) in [4.78, 5) is 2.40. The highest BCUT2D eigenvalue weighted by Gasteiger charge is 2.21. The molecule has 0 N–H and O–H groups in total. The molecule has 10 aromatic carbocycles. The van der Waals surface area contributed by atoms with Gasteiger partial charge < -0.3 is 9.47 Å². The van der Waals surface area contributed by atoms with E-state index >= 15 is 0 Å². The van der Waals surface area contributed by atoms with Crippen molar-refractivity contribution < 1.29 is 0 Å². The molecule has 11 rings (SSSR count). The van der Waals surface area contributed by atoms with Crippen LogP contribution < -0.4 is 4.90 Å². The minimum Gasteiger partial charge on any atom is -0.310 e.